The maximum absolute atomic E-state index is 12.4. The van der Waals surface area contributed by atoms with Crippen LogP contribution in [0.5, 0.6) is 0 Å². The first kappa shape index (κ1) is 16.7. The molecule has 0 saturated carbocycles. The number of hydrogen-bond donors (Lipinski definition) is 1. The van der Waals surface area contributed by atoms with Gasteiger partial charge in [0.05, 0.1) is 5.69 Å². The van der Waals surface area contributed by atoms with Crippen LogP contribution in [0.4, 0.5) is 0 Å². The van der Waals surface area contributed by atoms with Gasteiger partial charge < -0.3 is 4.98 Å². The van der Waals surface area contributed by atoms with Gasteiger partial charge in [-0.05, 0) is 55.9 Å². The van der Waals surface area contributed by atoms with Crippen LogP contribution in [0.2, 0.25) is 0 Å². The van der Waals surface area contributed by atoms with Crippen LogP contribution >= 0.6 is 11.8 Å². The van der Waals surface area contributed by atoms with Gasteiger partial charge in [0, 0.05) is 34.8 Å². The summed E-state index contributed by atoms with van der Waals surface area (Å²) in [5, 5.41) is 1.06. The molecule has 3 aromatic rings. The number of nitrogens with zero attached hydrogens (tertiary/aromatic N) is 2. The highest BCUT2D eigenvalue weighted by Gasteiger charge is 2.15. The van der Waals surface area contributed by atoms with Crippen LogP contribution in [0.3, 0.4) is 0 Å². The second-order valence-electron chi connectivity index (χ2n) is 5.92. The minimum atomic E-state index is -0.0270. The smallest absolute Gasteiger partial charge is 0.252 e. The highest BCUT2D eigenvalue weighted by Crippen LogP contribution is 2.22. The van der Waals surface area contributed by atoms with E-state index in [0.29, 0.717) is 6.54 Å². The molecule has 0 spiro atoms. The van der Waals surface area contributed by atoms with E-state index in [1.807, 2.05) is 43.6 Å². The van der Waals surface area contributed by atoms with Crippen LogP contribution in [-0.4, -0.2) is 28.2 Å². The van der Waals surface area contributed by atoms with E-state index in [1.165, 1.54) is 0 Å². The summed E-state index contributed by atoms with van der Waals surface area (Å²) >= 11 is 1.67. The van der Waals surface area contributed by atoms with Crippen molar-refractivity contribution in [2.24, 2.45) is 0 Å². The molecule has 1 N–H and O–H groups in total. The van der Waals surface area contributed by atoms with E-state index < -0.39 is 0 Å². The minimum Gasteiger partial charge on any atom is -0.322 e. The van der Waals surface area contributed by atoms with Gasteiger partial charge >= 0.3 is 0 Å². The largest absolute Gasteiger partial charge is 0.322 e. The predicted octanol–water partition coefficient (Wildman–Crippen LogP) is 3.84. The Bertz CT molecular complexity index is 892. The monoisotopic (exact) mass is 339 g/mol. The standard InChI is InChI=1S/C19H21N3OS/c1-13(17-6-4-5-9-20-17)22(2)12-15-10-14-7-8-16(24-3)11-18(14)21-19(15)23/h4-11,13H,12H2,1-3H3,(H,21,23)/t13-/m1/s1. The Balaban J connectivity index is 1.87. The Morgan fingerprint density at radius 1 is 1.25 bits per heavy atom. The Kier molecular flexibility index (Phi) is 5.02. The molecule has 0 fully saturated rings. The number of hydrogen-bond acceptors (Lipinski definition) is 4. The Labute approximate surface area is 145 Å². The van der Waals surface area contributed by atoms with Crippen molar-refractivity contribution in [1.29, 1.82) is 0 Å². The number of H-pyrrole nitrogens is 1. The molecule has 24 heavy (non-hydrogen) atoms. The lowest BCUT2D eigenvalue weighted by Gasteiger charge is -2.24. The Morgan fingerprint density at radius 3 is 2.79 bits per heavy atom. The molecule has 3 rings (SSSR count). The summed E-state index contributed by atoms with van der Waals surface area (Å²) in [6.07, 6.45) is 3.83. The molecule has 124 valence electrons. The van der Waals surface area contributed by atoms with E-state index in [4.69, 9.17) is 0 Å². The fourth-order valence-electron chi connectivity index (χ4n) is 2.72. The average molecular weight is 339 g/mol. The lowest BCUT2D eigenvalue weighted by Crippen LogP contribution is -2.26. The molecule has 4 nitrogen and oxygen atoms in total. The van der Waals surface area contributed by atoms with E-state index in [0.717, 1.165) is 27.1 Å². The van der Waals surface area contributed by atoms with E-state index in [2.05, 4.69) is 33.9 Å². The third-order valence-electron chi connectivity index (χ3n) is 4.33. The zero-order valence-electron chi connectivity index (χ0n) is 14.1. The summed E-state index contributed by atoms with van der Waals surface area (Å²) in [6.45, 7) is 2.68. The number of fused-ring (bicyclic) bond motifs is 1. The number of thioether (sulfide) groups is 1. The molecule has 1 aromatic carbocycles. The van der Waals surface area contributed by atoms with Crippen molar-refractivity contribution in [3.05, 3.63) is 70.3 Å². The molecule has 0 aliphatic carbocycles. The number of pyridine rings is 2. The van der Waals surface area contributed by atoms with Gasteiger partial charge in [-0.3, -0.25) is 14.7 Å². The molecule has 0 aliphatic rings. The van der Waals surface area contributed by atoms with Gasteiger partial charge in [-0.2, -0.15) is 0 Å². The lowest BCUT2D eigenvalue weighted by atomic mass is 10.1. The molecular weight excluding hydrogens is 318 g/mol. The molecule has 0 unspecified atom stereocenters. The summed E-state index contributed by atoms with van der Waals surface area (Å²) in [7, 11) is 2.01. The van der Waals surface area contributed by atoms with Crippen molar-refractivity contribution in [2.75, 3.05) is 13.3 Å². The van der Waals surface area contributed by atoms with Crippen LogP contribution < -0.4 is 5.56 Å². The van der Waals surface area contributed by atoms with Crippen molar-refractivity contribution < 1.29 is 0 Å². The molecule has 0 aliphatic heterocycles. The van der Waals surface area contributed by atoms with Crippen molar-refractivity contribution in [1.82, 2.24) is 14.9 Å². The van der Waals surface area contributed by atoms with Gasteiger partial charge in [0.25, 0.3) is 5.56 Å². The first-order valence-corrected chi connectivity index (χ1v) is 9.12. The van der Waals surface area contributed by atoms with Crippen molar-refractivity contribution in [3.8, 4) is 0 Å². The maximum atomic E-state index is 12.4. The number of nitrogens with one attached hydrogen (secondary N) is 1. The van der Waals surface area contributed by atoms with Gasteiger partial charge in [0.1, 0.15) is 0 Å². The van der Waals surface area contributed by atoms with Crippen LogP contribution in [0, 0.1) is 0 Å². The first-order chi connectivity index (χ1) is 11.6. The summed E-state index contributed by atoms with van der Waals surface area (Å²) in [5.74, 6) is 0. The Morgan fingerprint density at radius 2 is 2.08 bits per heavy atom. The molecule has 5 heteroatoms. The highest BCUT2D eigenvalue weighted by atomic mass is 32.2. The van der Waals surface area contributed by atoms with Crippen molar-refractivity contribution in [2.45, 2.75) is 24.4 Å². The molecule has 0 radical (unpaired) electrons. The number of rotatable bonds is 5. The predicted molar refractivity (Wildman–Crippen MR) is 100 cm³/mol. The normalized spacial score (nSPS) is 12.7. The van der Waals surface area contributed by atoms with E-state index in [9.17, 15) is 4.79 Å². The molecule has 0 bridgehead atoms. The van der Waals surface area contributed by atoms with Crippen LogP contribution in [0.25, 0.3) is 10.9 Å². The van der Waals surface area contributed by atoms with E-state index >= 15 is 0 Å². The average Bonchev–Trinajstić information content (AvgIpc) is 2.62. The number of benzene rings is 1. The molecular formula is C19H21N3OS. The van der Waals surface area contributed by atoms with E-state index in [-0.39, 0.29) is 11.6 Å². The van der Waals surface area contributed by atoms with Crippen molar-refractivity contribution >= 4 is 22.7 Å². The van der Waals surface area contributed by atoms with Gasteiger partial charge in [0.15, 0.2) is 0 Å². The number of aromatic amines is 1. The van der Waals surface area contributed by atoms with E-state index in [1.54, 1.807) is 18.0 Å². The summed E-state index contributed by atoms with van der Waals surface area (Å²) in [4.78, 5) is 23.1. The molecule has 2 heterocycles. The Hall–Kier alpha value is -2.11. The quantitative estimate of drug-likeness (QED) is 0.718. The van der Waals surface area contributed by atoms with Crippen LogP contribution in [-0.2, 0) is 6.54 Å². The molecule has 1 atom stereocenters. The lowest BCUT2D eigenvalue weighted by molar-refractivity contribution is 0.248. The van der Waals surface area contributed by atoms with Crippen LogP contribution in [0.15, 0.2) is 58.4 Å². The SMILES string of the molecule is CSc1ccc2cc(CN(C)[C@H](C)c3ccccn3)c(=O)[nH]c2c1. The zero-order chi connectivity index (χ0) is 17.1. The zero-order valence-corrected chi connectivity index (χ0v) is 14.9. The van der Waals surface area contributed by atoms with Crippen LogP contribution in [0.1, 0.15) is 24.2 Å². The second kappa shape index (κ2) is 7.20. The summed E-state index contributed by atoms with van der Waals surface area (Å²) in [5.41, 5.74) is 2.63. The molecule has 0 amide bonds. The highest BCUT2D eigenvalue weighted by molar-refractivity contribution is 7.98. The third-order valence-corrected chi connectivity index (χ3v) is 5.05. The first-order valence-electron chi connectivity index (χ1n) is 7.89. The molecule has 0 saturated heterocycles. The third kappa shape index (κ3) is 3.52. The minimum absolute atomic E-state index is 0.0270. The van der Waals surface area contributed by atoms with Gasteiger partial charge in [-0.1, -0.05) is 12.1 Å². The fourth-order valence-corrected chi connectivity index (χ4v) is 3.16. The maximum Gasteiger partial charge on any atom is 0.252 e. The fraction of sp³-hybridized carbons (Fsp3) is 0.263. The van der Waals surface area contributed by atoms with Gasteiger partial charge in [-0.15, -0.1) is 11.8 Å². The van der Waals surface area contributed by atoms with Gasteiger partial charge in [-0.25, -0.2) is 0 Å². The topological polar surface area (TPSA) is 49.0 Å². The van der Waals surface area contributed by atoms with Gasteiger partial charge in [0.2, 0.25) is 0 Å². The molecule has 2 aromatic heterocycles. The second-order valence-corrected chi connectivity index (χ2v) is 6.80. The summed E-state index contributed by atoms with van der Waals surface area (Å²) in [6, 6.07) is 14.2. The summed E-state index contributed by atoms with van der Waals surface area (Å²) < 4.78 is 0. The number of aromatic nitrogens is 2. The van der Waals surface area contributed by atoms with Crippen molar-refractivity contribution in [3.63, 3.8) is 0 Å².